The van der Waals surface area contributed by atoms with Crippen LogP contribution in [0.4, 0.5) is 0 Å². The maximum Gasteiger partial charge on any atom is 0.244 e. The molecular weight excluding hydrogens is 206 g/mol. The maximum absolute atomic E-state index is 10.2. The van der Waals surface area contributed by atoms with Crippen molar-refractivity contribution >= 4 is 27.4 Å². The Labute approximate surface area is 66.2 Å². The fourth-order valence-corrected chi connectivity index (χ4v) is 0.897. The summed E-state index contributed by atoms with van der Waals surface area (Å²) in [6.07, 6.45) is 1.96. The minimum atomic E-state index is -1.86. The third-order valence-corrected chi connectivity index (χ3v) is 2.48. The Bertz CT molecular complexity index is 101. The topological polar surface area (TPSA) is 40.5 Å². The van der Waals surface area contributed by atoms with Gasteiger partial charge in [0.2, 0.25) is 11.3 Å². The summed E-state index contributed by atoms with van der Waals surface area (Å²) in [5.41, 5.74) is 0. The largest absolute Gasteiger partial charge is 0.293 e. The molecule has 0 spiro atoms. The molecular formula is C4H10BrNO2S. The molecule has 9 heavy (non-hydrogen) atoms. The predicted octanol–water partition coefficient (Wildman–Crippen LogP) is 1.54. The molecule has 3 nitrogen and oxygen atoms in total. The molecule has 0 aromatic carbocycles. The summed E-state index contributed by atoms with van der Waals surface area (Å²) >= 11 is 1.06. The van der Waals surface area contributed by atoms with E-state index in [9.17, 15) is 4.21 Å². The molecule has 1 atom stereocenters. The van der Waals surface area contributed by atoms with Crippen molar-refractivity contribution in [1.29, 1.82) is 0 Å². The van der Waals surface area contributed by atoms with Crippen molar-refractivity contribution < 1.29 is 8.76 Å². The fourth-order valence-electron chi connectivity index (χ4n) is 0.361. The van der Waals surface area contributed by atoms with E-state index in [1.54, 1.807) is 0 Å². The molecule has 1 unspecified atom stereocenters. The van der Waals surface area contributed by atoms with Crippen molar-refractivity contribution in [1.82, 2.24) is 3.33 Å². The predicted molar refractivity (Wildman–Crippen MR) is 41.3 cm³/mol. The van der Waals surface area contributed by atoms with Crippen LogP contribution in [0.1, 0.15) is 19.8 Å². The fraction of sp³-hybridized carbons (Fsp3) is 1.00. The average Bonchev–Trinajstić information content (AvgIpc) is 1.82. The maximum atomic E-state index is 10.2. The van der Waals surface area contributed by atoms with Gasteiger partial charge in [0.25, 0.3) is 0 Å². The van der Waals surface area contributed by atoms with Crippen molar-refractivity contribution in [3.63, 3.8) is 0 Å². The van der Waals surface area contributed by atoms with Crippen LogP contribution in [0.15, 0.2) is 0 Å². The Balaban J connectivity index is 3.27. The highest BCUT2D eigenvalue weighted by Gasteiger charge is 2.03. The Kier molecular flexibility index (Phi) is 5.67. The molecule has 0 aliphatic rings. The molecule has 0 rings (SSSR count). The molecule has 0 radical (unpaired) electrons. The standard InChI is InChI=1S/C4H10BrNO2S/c1-2-3-4-6(5)9(7)8/h2-4H2,1H3,(H,7,8). The van der Waals surface area contributed by atoms with E-state index >= 15 is 0 Å². The van der Waals surface area contributed by atoms with Crippen LogP contribution in [0.3, 0.4) is 0 Å². The van der Waals surface area contributed by atoms with Crippen molar-refractivity contribution in [3.05, 3.63) is 0 Å². The minimum absolute atomic E-state index is 0.611. The number of nitrogens with zero attached hydrogens (tertiary/aromatic N) is 1. The smallest absolute Gasteiger partial charge is 0.244 e. The Hall–Kier alpha value is 0.550. The lowest BCUT2D eigenvalue weighted by Gasteiger charge is -2.05. The highest BCUT2D eigenvalue weighted by molar-refractivity contribution is 9.08. The summed E-state index contributed by atoms with van der Waals surface area (Å²) in [4.78, 5) is 0. The van der Waals surface area contributed by atoms with Crippen molar-refractivity contribution in [2.75, 3.05) is 6.54 Å². The van der Waals surface area contributed by atoms with Gasteiger partial charge in [-0.1, -0.05) is 13.3 Å². The van der Waals surface area contributed by atoms with E-state index in [0.29, 0.717) is 6.54 Å². The molecule has 56 valence electrons. The van der Waals surface area contributed by atoms with Crippen LogP contribution in [0.25, 0.3) is 0 Å². The first kappa shape index (κ1) is 9.55. The highest BCUT2D eigenvalue weighted by Crippen LogP contribution is 2.02. The number of halogens is 1. The van der Waals surface area contributed by atoms with Gasteiger partial charge in [-0.2, -0.15) is 0 Å². The van der Waals surface area contributed by atoms with Gasteiger partial charge in [0.1, 0.15) is 0 Å². The summed E-state index contributed by atoms with van der Waals surface area (Å²) in [5.74, 6) is 0. The van der Waals surface area contributed by atoms with E-state index in [1.807, 2.05) is 6.92 Å². The van der Waals surface area contributed by atoms with Gasteiger partial charge < -0.3 is 0 Å². The van der Waals surface area contributed by atoms with Crippen LogP contribution in [0.2, 0.25) is 0 Å². The first-order chi connectivity index (χ1) is 4.18. The molecule has 1 N–H and O–H groups in total. The molecule has 0 amide bonds. The Morgan fingerprint density at radius 1 is 1.78 bits per heavy atom. The highest BCUT2D eigenvalue weighted by atomic mass is 79.9. The van der Waals surface area contributed by atoms with E-state index in [1.165, 1.54) is 3.33 Å². The molecule has 0 aromatic heterocycles. The second-order valence-electron chi connectivity index (χ2n) is 1.63. The third-order valence-electron chi connectivity index (χ3n) is 0.857. The number of hydrogen-bond donors (Lipinski definition) is 1. The van der Waals surface area contributed by atoms with E-state index in [0.717, 1.165) is 12.8 Å². The van der Waals surface area contributed by atoms with Crippen LogP contribution in [-0.2, 0) is 11.3 Å². The number of rotatable bonds is 4. The summed E-state index contributed by atoms with van der Waals surface area (Å²) in [6, 6.07) is 0. The molecule has 5 heteroatoms. The Morgan fingerprint density at radius 3 is 2.67 bits per heavy atom. The molecule has 0 aromatic rings. The van der Waals surface area contributed by atoms with Crippen LogP contribution in [0, 0.1) is 0 Å². The van der Waals surface area contributed by atoms with Gasteiger partial charge in [-0.25, -0.2) is 4.21 Å². The van der Waals surface area contributed by atoms with Crippen LogP contribution in [-0.4, -0.2) is 18.6 Å². The molecule has 0 aliphatic heterocycles. The quantitative estimate of drug-likeness (QED) is 0.571. The molecule has 0 saturated heterocycles. The number of hydrogen-bond acceptors (Lipinski definition) is 1. The lowest BCUT2D eigenvalue weighted by Crippen LogP contribution is -2.14. The normalized spacial score (nSPS) is 14.2. The summed E-state index contributed by atoms with van der Waals surface area (Å²) in [7, 11) is 0. The van der Waals surface area contributed by atoms with Crippen LogP contribution >= 0.6 is 16.1 Å². The van der Waals surface area contributed by atoms with Gasteiger partial charge in [-0.05, 0) is 6.42 Å². The lowest BCUT2D eigenvalue weighted by atomic mass is 10.3. The van der Waals surface area contributed by atoms with Crippen LogP contribution < -0.4 is 0 Å². The zero-order valence-corrected chi connectivity index (χ0v) is 7.61. The molecule has 0 bridgehead atoms. The second-order valence-corrected chi connectivity index (χ2v) is 3.85. The SMILES string of the molecule is CCCCN(Br)S(=O)O. The third kappa shape index (κ3) is 5.02. The van der Waals surface area contributed by atoms with Gasteiger partial charge in [0, 0.05) is 22.7 Å². The molecule has 0 aliphatic carbocycles. The first-order valence-electron chi connectivity index (χ1n) is 2.72. The van der Waals surface area contributed by atoms with E-state index in [-0.39, 0.29) is 0 Å². The zero-order valence-electron chi connectivity index (χ0n) is 5.21. The van der Waals surface area contributed by atoms with Crippen molar-refractivity contribution in [2.24, 2.45) is 0 Å². The van der Waals surface area contributed by atoms with Crippen molar-refractivity contribution in [3.8, 4) is 0 Å². The monoisotopic (exact) mass is 215 g/mol. The first-order valence-corrected chi connectivity index (χ1v) is 4.50. The van der Waals surface area contributed by atoms with E-state index < -0.39 is 11.3 Å². The average molecular weight is 216 g/mol. The van der Waals surface area contributed by atoms with Gasteiger partial charge in [-0.3, -0.25) is 4.55 Å². The minimum Gasteiger partial charge on any atom is -0.293 e. The van der Waals surface area contributed by atoms with Crippen molar-refractivity contribution in [2.45, 2.75) is 19.8 Å². The van der Waals surface area contributed by atoms with Gasteiger partial charge in [0.05, 0.1) is 0 Å². The lowest BCUT2D eigenvalue weighted by molar-refractivity contribution is 0.509. The zero-order chi connectivity index (χ0) is 7.28. The van der Waals surface area contributed by atoms with Gasteiger partial charge >= 0.3 is 0 Å². The van der Waals surface area contributed by atoms with E-state index in [4.69, 9.17) is 4.55 Å². The summed E-state index contributed by atoms with van der Waals surface area (Å²) in [5, 5.41) is 0. The molecule has 0 saturated carbocycles. The van der Waals surface area contributed by atoms with E-state index in [2.05, 4.69) is 16.1 Å². The Morgan fingerprint density at radius 2 is 2.33 bits per heavy atom. The second kappa shape index (κ2) is 5.34. The van der Waals surface area contributed by atoms with Gasteiger partial charge in [0.15, 0.2) is 0 Å². The summed E-state index contributed by atoms with van der Waals surface area (Å²) in [6.45, 7) is 2.64. The molecule has 0 fully saturated rings. The summed E-state index contributed by atoms with van der Waals surface area (Å²) < 4.78 is 19.8. The van der Waals surface area contributed by atoms with Gasteiger partial charge in [-0.15, -0.1) is 3.33 Å². The number of unbranched alkanes of at least 4 members (excludes halogenated alkanes) is 1. The molecule has 0 heterocycles. The van der Waals surface area contributed by atoms with Crippen LogP contribution in [0.5, 0.6) is 0 Å².